The molecule has 0 aliphatic carbocycles. The molecule has 4 aromatic rings. The predicted octanol–water partition coefficient (Wildman–Crippen LogP) is 3.03. The van der Waals surface area contributed by atoms with Crippen LogP contribution in [-0.2, 0) is 0 Å². The van der Waals surface area contributed by atoms with Gasteiger partial charge in [-0.05, 0) is 31.2 Å². The SMILES string of the molecule is CNC(=O)c1nnc(Nc2ccc(C)nn2)cc1Nc1cccc(-c2ncc(F)cn2)c1OC. The summed E-state index contributed by atoms with van der Waals surface area (Å²) in [6, 6.07) is 10.4. The van der Waals surface area contributed by atoms with Crippen LogP contribution in [0.5, 0.6) is 5.75 Å². The molecule has 172 valence electrons. The second kappa shape index (κ2) is 9.81. The van der Waals surface area contributed by atoms with Gasteiger partial charge in [0.1, 0.15) is 0 Å². The monoisotopic (exact) mass is 461 g/mol. The summed E-state index contributed by atoms with van der Waals surface area (Å²) in [5.41, 5.74) is 2.23. The van der Waals surface area contributed by atoms with Gasteiger partial charge in [-0.1, -0.05) is 6.07 Å². The minimum absolute atomic E-state index is 0.0635. The van der Waals surface area contributed by atoms with Gasteiger partial charge >= 0.3 is 0 Å². The molecule has 3 aromatic heterocycles. The maximum Gasteiger partial charge on any atom is 0.273 e. The van der Waals surface area contributed by atoms with Gasteiger partial charge in [-0.25, -0.2) is 14.4 Å². The van der Waals surface area contributed by atoms with Crippen LogP contribution in [-0.4, -0.2) is 50.4 Å². The molecule has 3 heterocycles. The van der Waals surface area contributed by atoms with E-state index in [1.165, 1.54) is 14.2 Å². The molecule has 34 heavy (non-hydrogen) atoms. The van der Waals surface area contributed by atoms with Crippen molar-refractivity contribution in [3.05, 3.63) is 66.0 Å². The molecule has 0 bridgehead atoms. The van der Waals surface area contributed by atoms with E-state index in [0.717, 1.165) is 18.1 Å². The highest BCUT2D eigenvalue weighted by Gasteiger charge is 2.19. The first-order chi connectivity index (χ1) is 16.5. The lowest BCUT2D eigenvalue weighted by Crippen LogP contribution is -2.21. The summed E-state index contributed by atoms with van der Waals surface area (Å²) in [5, 5.41) is 24.9. The number of aryl methyl sites for hydroxylation is 1. The standard InChI is InChI=1S/C22H20FN9O2/c1-12-7-8-17(30-29-12)28-18-9-16(19(32-31-18)22(33)24-2)27-15-6-4-5-14(20(15)34-3)21-25-10-13(23)11-26-21/h4-11H,1-3H3,(H,24,33)(H2,27,28,30,31). The molecule has 3 N–H and O–H groups in total. The Bertz CT molecular complexity index is 1320. The van der Waals surface area contributed by atoms with Crippen LogP contribution in [0, 0.1) is 12.7 Å². The van der Waals surface area contributed by atoms with Crippen molar-refractivity contribution in [1.82, 2.24) is 35.7 Å². The van der Waals surface area contributed by atoms with Crippen molar-refractivity contribution in [3.63, 3.8) is 0 Å². The van der Waals surface area contributed by atoms with E-state index in [2.05, 4.69) is 46.3 Å². The first-order valence-corrected chi connectivity index (χ1v) is 10.1. The Balaban J connectivity index is 1.73. The zero-order chi connectivity index (χ0) is 24.1. The highest BCUT2D eigenvalue weighted by Crippen LogP contribution is 2.37. The Kier molecular flexibility index (Phi) is 6.48. The number of nitrogens with zero attached hydrogens (tertiary/aromatic N) is 6. The zero-order valence-corrected chi connectivity index (χ0v) is 18.5. The van der Waals surface area contributed by atoms with Crippen LogP contribution in [0.2, 0.25) is 0 Å². The predicted molar refractivity (Wildman–Crippen MR) is 123 cm³/mol. The molecule has 11 nitrogen and oxygen atoms in total. The summed E-state index contributed by atoms with van der Waals surface area (Å²) >= 11 is 0. The first-order valence-electron chi connectivity index (χ1n) is 10.1. The number of carbonyl (C=O) groups is 1. The lowest BCUT2D eigenvalue weighted by molar-refractivity contribution is 0.0958. The molecule has 0 aliphatic heterocycles. The van der Waals surface area contributed by atoms with E-state index < -0.39 is 11.7 Å². The Hall–Kier alpha value is -4.74. The molecular formula is C22H20FN9O2. The van der Waals surface area contributed by atoms with Crippen LogP contribution < -0.4 is 20.7 Å². The van der Waals surface area contributed by atoms with Gasteiger partial charge in [0.25, 0.3) is 5.91 Å². The van der Waals surface area contributed by atoms with Crippen LogP contribution in [0.3, 0.4) is 0 Å². The van der Waals surface area contributed by atoms with Crippen molar-refractivity contribution in [3.8, 4) is 17.1 Å². The van der Waals surface area contributed by atoms with Gasteiger partial charge in [-0.2, -0.15) is 5.10 Å². The highest BCUT2D eigenvalue weighted by molar-refractivity contribution is 5.99. The molecule has 12 heteroatoms. The minimum atomic E-state index is -0.548. The third-order valence-electron chi connectivity index (χ3n) is 4.64. The summed E-state index contributed by atoms with van der Waals surface area (Å²) in [4.78, 5) is 20.5. The molecule has 0 saturated carbocycles. The van der Waals surface area contributed by atoms with Crippen molar-refractivity contribution >= 4 is 28.9 Å². The molecule has 0 spiro atoms. The number of carbonyl (C=O) groups excluding carboxylic acids is 1. The van der Waals surface area contributed by atoms with E-state index >= 15 is 0 Å². The fourth-order valence-electron chi connectivity index (χ4n) is 3.06. The summed E-state index contributed by atoms with van der Waals surface area (Å²) < 4.78 is 18.9. The number of para-hydroxylation sites is 1. The highest BCUT2D eigenvalue weighted by atomic mass is 19.1. The average Bonchev–Trinajstić information content (AvgIpc) is 2.85. The molecule has 1 amide bonds. The third-order valence-corrected chi connectivity index (χ3v) is 4.64. The van der Waals surface area contributed by atoms with E-state index in [4.69, 9.17) is 4.74 Å². The van der Waals surface area contributed by atoms with Gasteiger partial charge in [-0.15, -0.1) is 15.3 Å². The number of hydrogen-bond acceptors (Lipinski definition) is 10. The topological polar surface area (TPSA) is 140 Å². The number of ether oxygens (including phenoxy) is 1. The number of hydrogen-bond donors (Lipinski definition) is 3. The van der Waals surface area contributed by atoms with E-state index in [-0.39, 0.29) is 11.5 Å². The van der Waals surface area contributed by atoms with E-state index in [0.29, 0.717) is 34.3 Å². The molecule has 1 aromatic carbocycles. The Morgan fingerprint density at radius 1 is 0.941 bits per heavy atom. The average molecular weight is 461 g/mol. The first kappa shape index (κ1) is 22.5. The second-order valence-electron chi connectivity index (χ2n) is 6.99. The van der Waals surface area contributed by atoms with Gasteiger partial charge in [0, 0.05) is 13.1 Å². The maximum atomic E-state index is 13.3. The van der Waals surface area contributed by atoms with Crippen LogP contribution in [0.4, 0.5) is 27.4 Å². The van der Waals surface area contributed by atoms with Crippen LogP contribution in [0.25, 0.3) is 11.4 Å². The van der Waals surface area contributed by atoms with Gasteiger partial charge < -0.3 is 20.7 Å². The largest absolute Gasteiger partial charge is 0.494 e. The third kappa shape index (κ3) is 4.85. The quantitative estimate of drug-likeness (QED) is 0.376. The number of nitrogens with one attached hydrogen (secondary N) is 3. The van der Waals surface area contributed by atoms with Crippen molar-refractivity contribution in [2.24, 2.45) is 0 Å². The Morgan fingerprint density at radius 2 is 1.71 bits per heavy atom. The second-order valence-corrected chi connectivity index (χ2v) is 6.99. The maximum absolute atomic E-state index is 13.3. The molecule has 4 rings (SSSR count). The normalized spacial score (nSPS) is 10.5. The van der Waals surface area contributed by atoms with Gasteiger partial charge in [0.2, 0.25) is 0 Å². The van der Waals surface area contributed by atoms with Gasteiger partial charge in [0.05, 0.1) is 42.1 Å². The zero-order valence-electron chi connectivity index (χ0n) is 18.5. The van der Waals surface area contributed by atoms with Crippen LogP contribution in [0.15, 0.2) is 48.8 Å². The lowest BCUT2D eigenvalue weighted by Gasteiger charge is -2.16. The van der Waals surface area contributed by atoms with Crippen LogP contribution >= 0.6 is 0 Å². The number of anilines is 4. The van der Waals surface area contributed by atoms with Gasteiger partial charge in [0.15, 0.2) is 34.7 Å². The summed E-state index contributed by atoms with van der Waals surface area (Å²) in [6.45, 7) is 1.83. The number of benzene rings is 1. The molecular weight excluding hydrogens is 441 g/mol. The van der Waals surface area contributed by atoms with E-state index in [9.17, 15) is 9.18 Å². The van der Waals surface area contributed by atoms with Gasteiger partial charge in [-0.3, -0.25) is 4.79 Å². The number of aromatic nitrogens is 6. The molecule has 0 radical (unpaired) electrons. The molecule has 0 atom stereocenters. The van der Waals surface area contributed by atoms with Crippen molar-refractivity contribution < 1.29 is 13.9 Å². The Labute approximate surface area is 193 Å². The fraction of sp³-hybridized carbons (Fsp3) is 0.136. The Morgan fingerprint density at radius 3 is 2.38 bits per heavy atom. The van der Waals surface area contributed by atoms with Crippen molar-refractivity contribution in [2.75, 3.05) is 24.8 Å². The summed E-state index contributed by atoms with van der Waals surface area (Å²) in [6.07, 6.45) is 2.15. The van der Waals surface area contributed by atoms with Crippen LogP contribution in [0.1, 0.15) is 16.2 Å². The van der Waals surface area contributed by atoms with Crippen molar-refractivity contribution in [2.45, 2.75) is 6.92 Å². The molecule has 0 fully saturated rings. The number of rotatable bonds is 7. The molecule has 0 aliphatic rings. The van der Waals surface area contributed by atoms with E-state index in [1.54, 1.807) is 36.4 Å². The van der Waals surface area contributed by atoms with Crippen molar-refractivity contribution in [1.29, 1.82) is 0 Å². The number of halogens is 1. The van der Waals surface area contributed by atoms with E-state index in [1.807, 2.05) is 6.92 Å². The molecule has 0 saturated heterocycles. The number of methoxy groups -OCH3 is 1. The smallest absolute Gasteiger partial charge is 0.273 e. The summed E-state index contributed by atoms with van der Waals surface area (Å²) in [7, 11) is 2.98. The summed E-state index contributed by atoms with van der Waals surface area (Å²) in [5.74, 6) is 0.494. The fourth-order valence-corrected chi connectivity index (χ4v) is 3.06. The molecule has 0 unspecified atom stereocenters. The number of amides is 1. The lowest BCUT2D eigenvalue weighted by atomic mass is 10.1. The minimum Gasteiger partial charge on any atom is -0.494 e.